The van der Waals surface area contributed by atoms with E-state index in [1.54, 1.807) is 31.5 Å². The second-order valence-corrected chi connectivity index (χ2v) is 7.29. The highest BCUT2D eigenvalue weighted by molar-refractivity contribution is 5.90. The maximum absolute atomic E-state index is 12.8. The number of likely N-dealkylation sites (tertiary alicyclic amines) is 1. The first-order valence-electron chi connectivity index (χ1n) is 9.64. The molecule has 0 unspecified atom stereocenters. The van der Waals surface area contributed by atoms with Crippen LogP contribution in [0, 0.1) is 0 Å². The third kappa shape index (κ3) is 5.06. The van der Waals surface area contributed by atoms with Crippen molar-refractivity contribution < 1.29 is 9.59 Å². The summed E-state index contributed by atoms with van der Waals surface area (Å²) in [6, 6.07) is 9.48. The summed E-state index contributed by atoms with van der Waals surface area (Å²) in [4.78, 5) is 36.5. The van der Waals surface area contributed by atoms with Crippen molar-refractivity contribution in [2.45, 2.75) is 31.6 Å². The number of amides is 3. The third-order valence-electron chi connectivity index (χ3n) is 5.10. The van der Waals surface area contributed by atoms with Gasteiger partial charge in [0.05, 0.1) is 0 Å². The van der Waals surface area contributed by atoms with E-state index >= 15 is 0 Å². The lowest BCUT2D eigenvalue weighted by Crippen LogP contribution is -2.41. The minimum atomic E-state index is -0.106. The molecule has 2 aromatic rings. The average Bonchev–Trinajstić information content (AvgIpc) is 2.73. The lowest BCUT2D eigenvalue weighted by Gasteiger charge is -2.32. The number of aromatic nitrogens is 2. The second kappa shape index (κ2) is 9.30. The number of aryl methyl sites for hydroxylation is 1. The molecule has 7 heteroatoms. The topological polar surface area (TPSA) is 78.4 Å². The van der Waals surface area contributed by atoms with Crippen LogP contribution in [0.25, 0.3) is 0 Å². The fraction of sp³-hybridized carbons (Fsp3) is 0.429. The van der Waals surface area contributed by atoms with Gasteiger partial charge in [0, 0.05) is 57.1 Å². The van der Waals surface area contributed by atoms with E-state index in [9.17, 15) is 9.59 Å². The normalized spacial score (nSPS) is 16.5. The highest BCUT2D eigenvalue weighted by atomic mass is 16.2. The van der Waals surface area contributed by atoms with Crippen molar-refractivity contribution in [1.29, 1.82) is 0 Å². The standard InChI is InChI=1S/C21H27N5O2/c1-25(2)20(27)10-9-16-6-3-4-8-19(16)24-21(28)26-13-5-7-17(14-26)18-11-12-22-15-23-18/h3-4,6,8,11-12,15,17H,5,7,9-10,13-14H2,1-2H3,(H,24,28)/t17-/m0/s1. The highest BCUT2D eigenvalue weighted by Gasteiger charge is 2.26. The largest absolute Gasteiger partial charge is 0.349 e. The zero-order valence-electron chi connectivity index (χ0n) is 16.5. The summed E-state index contributed by atoms with van der Waals surface area (Å²) in [5, 5.41) is 3.03. The summed E-state index contributed by atoms with van der Waals surface area (Å²) < 4.78 is 0. The van der Waals surface area contributed by atoms with Crippen LogP contribution < -0.4 is 5.32 Å². The van der Waals surface area contributed by atoms with Crippen molar-refractivity contribution in [2.75, 3.05) is 32.5 Å². The van der Waals surface area contributed by atoms with Gasteiger partial charge in [0.2, 0.25) is 5.91 Å². The lowest BCUT2D eigenvalue weighted by atomic mass is 9.95. The van der Waals surface area contributed by atoms with Gasteiger partial charge in [0.15, 0.2) is 0 Å². The molecule has 148 valence electrons. The molecule has 0 aliphatic carbocycles. The molecule has 0 bridgehead atoms. The Kier molecular flexibility index (Phi) is 6.57. The van der Waals surface area contributed by atoms with Gasteiger partial charge in [0.1, 0.15) is 6.33 Å². The number of hydrogen-bond acceptors (Lipinski definition) is 4. The van der Waals surface area contributed by atoms with E-state index in [4.69, 9.17) is 0 Å². The van der Waals surface area contributed by atoms with E-state index in [1.165, 1.54) is 0 Å². The molecular formula is C21H27N5O2. The fourth-order valence-corrected chi connectivity index (χ4v) is 3.47. The number of hydrogen-bond donors (Lipinski definition) is 1. The number of carbonyl (C=O) groups excluding carboxylic acids is 2. The predicted octanol–water partition coefficient (Wildman–Crippen LogP) is 2.91. The van der Waals surface area contributed by atoms with Gasteiger partial charge in [0.25, 0.3) is 0 Å². The Hall–Kier alpha value is -2.96. The summed E-state index contributed by atoms with van der Waals surface area (Å²) in [7, 11) is 3.50. The first kappa shape index (κ1) is 19.8. The Bertz CT molecular complexity index is 809. The van der Waals surface area contributed by atoms with Crippen molar-refractivity contribution in [2.24, 2.45) is 0 Å². The number of nitrogens with one attached hydrogen (secondary N) is 1. The molecule has 1 aromatic heterocycles. The predicted molar refractivity (Wildman–Crippen MR) is 108 cm³/mol. The monoisotopic (exact) mass is 381 g/mol. The van der Waals surface area contributed by atoms with Gasteiger partial charge >= 0.3 is 6.03 Å². The van der Waals surface area contributed by atoms with Crippen LogP contribution in [-0.2, 0) is 11.2 Å². The zero-order chi connectivity index (χ0) is 19.9. The maximum atomic E-state index is 12.8. The van der Waals surface area contributed by atoms with Crippen molar-refractivity contribution in [3.8, 4) is 0 Å². The van der Waals surface area contributed by atoms with Gasteiger partial charge in [-0.25, -0.2) is 14.8 Å². The Morgan fingerprint density at radius 1 is 1.25 bits per heavy atom. The summed E-state index contributed by atoms with van der Waals surface area (Å²) in [6.45, 7) is 1.37. The molecule has 1 atom stereocenters. The van der Waals surface area contributed by atoms with Gasteiger partial charge in [-0.2, -0.15) is 0 Å². The van der Waals surface area contributed by atoms with Crippen molar-refractivity contribution in [3.63, 3.8) is 0 Å². The molecule has 3 amide bonds. The number of rotatable bonds is 5. The number of carbonyl (C=O) groups is 2. The van der Waals surface area contributed by atoms with Crippen molar-refractivity contribution in [3.05, 3.63) is 54.1 Å². The van der Waals surface area contributed by atoms with Crippen molar-refractivity contribution >= 4 is 17.6 Å². The zero-order valence-corrected chi connectivity index (χ0v) is 16.5. The van der Waals surface area contributed by atoms with Gasteiger partial charge < -0.3 is 15.1 Å². The van der Waals surface area contributed by atoms with Crippen molar-refractivity contribution in [1.82, 2.24) is 19.8 Å². The first-order valence-corrected chi connectivity index (χ1v) is 9.64. The molecule has 3 rings (SSSR count). The molecule has 1 aliphatic heterocycles. The van der Waals surface area contributed by atoms with E-state index in [1.807, 2.05) is 35.2 Å². The highest BCUT2D eigenvalue weighted by Crippen LogP contribution is 2.26. The average molecular weight is 381 g/mol. The Morgan fingerprint density at radius 2 is 2.07 bits per heavy atom. The minimum Gasteiger partial charge on any atom is -0.349 e. The molecule has 0 radical (unpaired) electrons. The number of nitrogens with zero attached hydrogens (tertiary/aromatic N) is 4. The molecule has 28 heavy (non-hydrogen) atoms. The number of anilines is 1. The van der Waals surface area contributed by atoms with Gasteiger partial charge in [-0.3, -0.25) is 4.79 Å². The Labute approximate surface area is 165 Å². The Morgan fingerprint density at radius 3 is 2.82 bits per heavy atom. The molecule has 7 nitrogen and oxygen atoms in total. The fourth-order valence-electron chi connectivity index (χ4n) is 3.47. The molecular weight excluding hydrogens is 354 g/mol. The van der Waals surface area contributed by atoms with E-state index in [0.717, 1.165) is 36.3 Å². The van der Waals surface area contributed by atoms with Crippen LogP contribution in [-0.4, -0.2) is 58.9 Å². The molecule has 1 aliphatic rings. The summed E-state index contributed by atoms with van der Waals surface area (Å²) in [5.74, 6) is 0.306. The van der Waals surface area contributed by atoms with E-state index in [-0.39, 0.29) is 17.9 Å². The third-order valence-corrected chi connectivity index (χ3v) is 5.10. The smallest absolute Gasteiger partial charge is 0.321 e. The van der Waals surface area contributed by atoms with Gasteiger partial charge in [-0.1, -0.05) is 18.2 Å². The summed E-state index contributed by atoms with van der Waals surface area (Å²) in [5.41, 5.74) is 2.72. The lowest BCUT2D eigenvalue weighted by molar-refractivity contribution is -0.128. The maximum Gasteiger partial charge on any atom is 0.321 e. The van der Waals surface area contributed by atoms with Crippen LogP contribution >= 0.6 is 0 Å². The molecule has 1 N–H and O–H groups in total. The Balaban J connectivity index is 1.63. The quantitative estimate of drug-likeness (QED) is 0.864. The van der Waals surface area contributed by atoms with E-state index in [2.05, 4.69) is 15.3 Å². The van der Waals surface area contributed by atoms with Crippen LogP contribution in [0.15, 0.2) is 42.9 Å². The van der Waals surface area contributed by atoms with E-state index in [0.29, 0.717) is 19.4 Å². The molecule has 1 fully saturated rings. The minimum absolute atomic E-state index is 0.0739. The van der Waals surface area contributed by atoms with Gasteiger partial charge in [-0.15, -0.1) is 0 Å². The molecule has 1 saturated heterocycles. The van der Waals surface area contributed by atoms with E-state index < -0.39 is 0 Å². The van der Waals surface area contributed by atoms with Gasteiger partial charge in [-0.05, 0) is 37.0 Å². The van der Waals surface area contributed by atoms with Crippen LogP contribution in [0.4, 0.5) is 10.5 Å². The summed E-state index contributed by atoms with van der Waals surface area (Å²) in [6.07, 6.45) is 6.27. The SMILES string of the molecule is CN(C)C(=O)CCc1ccccc1NC(=O)N1CCC[C@H](c2ccncn2)C1. The number of urea groups is 1. The summed E-state index contributed by atoms with van der Waals surface area (Å²) >= 11 is 0. The number of piperidine rings is 1. The number of benzene rings is 1. The van der Waals surface area contributed by atoms with Crippen LogP contribution in [0.5, 0.6) is 0 Å². The van der Waals surface area contributed by atoms with Crippen LogP contribution in [0.2, 0.25) is 0 Å². The second-order valence-electron chi connectivity index (χ2n) is 7.29. The van der Waals surface area contributed by atoms with Crippen LogP contribution in [0.1, 0.15) is 36.4 Å². The molecule has 0 saturated carbocycles. The molecule has 0 spiro atoms. The molecule has 2 heterocycles. The van der Waals surface area contributed by atoms with Crippen LogP contribution in [0.3, 0.4) is 0 Å². The molecule has 1 aromatic carbocycles. The number of para-hydroxylation sites is 1. The first-order chi connectivity index (χ1) is 13.5.